The molecule has 8 nitrogen and oxygen atoms in total. The van der Waals surface area contributed by atoms with E-state index in [0.29, 0.717) is 17.7 Å². The highest BCUT2D eigenvalue weighted by molar-refractivity contribution is 5.99. The molecule has 8 heteroatoms. The number of ether oxygens (including phenoxy) is 1. The number of phenolic OH excluding ortho intramolecular Hbond substituents is 1. The normalized spacial score (nSPS) is 13.8. The monoisotopic (exact) mass is 497 g/mol. The largest absolute Gasteiger partial charge is 0.508 e. The zero-order chi connectivity index (χ0) is 27.2. The number of aromatic hydroxyl groups is 1. The van der Waals surface area contributed by atoms with Crippen LogP contribution in [0, 0.1) is 19.8 Å². The molecule has 3 unspecified atom stereocenters. The lowest BCUT2D eigenvalue weighted by atomic mass is 9.96. The van der Waals surface area contributed by atoms with Gasteiger partial charge in [0.25, 0.3) is 5.91 Å². The number of rotatable bonds is 8. The van der Waals surface area contributed by atoms with E-state index in [1.165, 1.54) is 24.1 Å². The number of carbonyl (C=O) groups is 3. The van der Waals surface area contributed by atoms with Gasteiger partial charge in [-0.1, -0.05) is 50.6 Å². The van der Waals surface area contributed by atoms with Crippen molar-refractivity contribution in [3.8, 4) is 5.75 Å². The maximum atomic E-state index is 13.7. The van der Waals surface area contributed by atoms with Gasteiger partial charge in [-0.15, -0.1) is 0 Å². The van der Waals surface area contributed by atoms with Crippen LogP contribution in [0.5, 0.6) is 5.75 Å². The predicted octanol–water partition coefficient (Wildman–Crippen LogP) is 5.09. The van der Waals surface area contributed by atoms with E-state index in [0.717, 1.165) is 11.1 Å². The Bertz CT molecular complexity index is 1070. The molecule has 3 N–H and O–H groups in total. The quantitative estimate of drug-likeness (QED) is 0.471. The lowest BCUT2D eigenvalue weighted by Crippen LogP contribution is -2.53. The smallest absolute Gasteiger partial charge is 0.408 e. The molecule has 0 fully saturated rings. The van der Waals surface area contributed by atoms with Gasteiger partial charge in [0.05, 0.1) is 0 Å². The van der Waals surface area contributed by atoms with Crippen LogP contribution in [0.4, 0.5) is 10.5 Å². The molecule has 0 saturated carbocycles. The zero-order valence-electron chi connectivity index (χ0n) is 22.5. The molecule has 0 aliphatic carbocycles. The molecule has 0 aliphatic rings. The highest BCUT2D eigenvalue weighted by Crippen LogP contribution is 2.28. The molecular weight excluding hydrogens is 458 g/mol. The molecule has 0 heterocycles. The van der Waals surface area contributed by atoms with E-state index in [1.54, 1.807) is 32.9 Å². The number of nitrogens with zero attached hydrogens (tertiary/aromatic N) is 1. The first kappa shape index (κ1) is 28.7. The number of amides is 3. The van der Waals surface area contributed by atoms with Gasteiger partial charge in [0.15, 0.2) is 0 Å². The predicted molar refractivity (Wildman–Crippen MR) is 141 cm³/mol. The van der Waals surface area contributed by atoms with E-state index in [2.05, 4.69) is 10.6 Å². The number of carbonyl (C=O) groups excluding carboxylic acids is 3. The van der Waals surface area contributed by atoms with Crippen LogP contribution in [-0.2, 0) is 14.3 Å². The van der Waals surface area contributed by atoms with Crippen molar-refractivity contribution in [2.45, 2.75) is 72.6 Å². The zero-order valence-corrected chi connectivity index (χ0v) is 22.5. The van der Waals surface area contributed by atoms with E-state index >= 15 is 0 Å². The fourth-order valence-electron chi connectivity index (χ4n) is 3.91. The summed E-state index contributed by atoms with van der Waals surface area (Å²) in [6.07, 6.45) is -0.0886. The Balaban J connectivity index is 2.45. The van der Waals surface area contributed by atoms with Crippen LogP contribution in [0.3, 0.4) is 0 Å². The van der Waals surface area contributed by atoms with Crippen LogP contribution in [-0.4, -0.2) is 46.6 Å². The molecule has 0 aromatic heterocycles. The van der Waals surface area contributed by atoms with E-state index in [1.807, 2.05) is 45.9 Å². The molecule has 196 valence electrons. The first-order chi connectivity index (χ1) is 16.7. The van der Waals surface area contributed by atoms with Gasteiger partial charge in [-0.3, -0.25) is 9.59 Å². The first-order valence-electron chi connectivity index (χ1n) is 12.2. The van der Waals surface area contributed by atoms with Gasteiger partial charge in [-0.05, 0) is 69.4 Å². The summed E-state index contributed by atoms with van der Waals surface area (Å²) in [4.78, 5) is 41.2. The van der Waals surface area contributed by atoms with Gasteiger partial charge in [0.2, 0.25) is 5.91 Å². The summed E-state index contributed by atoms with van der Waals surface area (Å²) < 4.78 is 5.37. The number of anilines is 1. The van der Waals surface area contributed by atoms with Crippen molar-refractivity contribution < 1.29 is 24.2 Å². The number of phenols is 1. The maximum absolute atomic E-state index is 13.7. The van der Waals surface area contributed by atoms with Crippen molar-refractivity contribution in [2.75, 3.05) is 12.4 Å². The summed E-state index contributed by atoms with van der Waals surface area (Å²) in [5.41, 5.74) is 2.15. The van der Waals surface area contributed by atoms with Gasteiger partial charge in [0.1, 0.15) is 23.4 Å². The fourth-order valence-corrected chi connectivity index (χ4v) is 3.91. The number of benzene rings is 2. The lowest BCUT2D eigenvalue weighted by molar-refractivity contribution is -0.140. The van der Waals surface area contributed by atoms with Gasteiger partial charge in [-0.25, -0.2) is 4.79 Å². The SMILES string of the molecule is CCC(C)C(NC(=O)OC(C)(C)C)C(=O)N(C)C(C(=O)Nc1c(C)cccc1C)c1cccc(O)c1. The molecular formula is C28H39N3O5. The highest BCUT2D eigenvalue weighted by Gasteiger charge is 2.36. The van der Waals surface area contributed by atoms with Crippen LogP contribution in [0.25, 0.3) is 0 Å². The van der Waals surface area contributed by atoms with Crippen LogP contribution < -0.4 is 10.6 Å². The Morgan fingerprint density at radius 3 is 2.17 bits per heavy atom. The number of likely N-dealkylation sites (N-methyl/N-ethyl adjacent to an activating group) is 1. The second kappa shape index (κ2) is 11.9. The van der Waals surface area contributed by atoms with E-state index in [-0.39, 0.29) is 11.7 Å². The Hall–Kier alpha value is -3.55. The summed E-state index contributed by atoms with van der Waals surface area (Å²) >= 11 is 0. The van der Waals surface area contributed by atoms with Crippen LogP contribution in [0.2, 0.25) is 0 Å². The van der Waals surface area contributed by atoms with Gasteiger partial charge >= 0.3 is 6.09 Å². The Kier molecular flexibility index (Phi) is 9.50. The summed E-state index contributed by atoms with van der Waals surface area (Å²) in [7, 11) is 1.52. The molecule has 36 heavy (non-hydrogen) atoms. The maximum Gasteiger partial charge on any atom is 0.408 e. The topological polar surface area (TPSA) is 108 Å². The minimum absolute atomic E-state index is 0.0245. The third kappa shape index (κ3) is 7.47. The van der Waals surface area contributed by atoms with Crippen molar-refractivity contribution in [3.63, 3.8) is 0 Å². The summed E-state index contributed by atoms with van der Waals surface area (Å²) in [6.45, 7) is 12.8. The summed E-state index contributed by atoms with van der Waals surface area (Å²) in [5.74, 6) is -1.13. The molecule has 2 aromatic rings. The third-order valence-electron chi connectivity index (χ3n) is 6.05. The minimum atomic E-state index is -1.06. The molecule has 2 rings (SSSR count). The number of hydrogen-bond acceptors (Lipinski definition) is 5. The molecule has 0 aliphatic heterocycles. The number of hydrogen-bond donors (Lipinski definition) is 3. The van der Waals surface area contributed by atoms with Gasteiger partial charge < -0.3 is 25.4 Å². The molecule has 2 aromatic carbocycles. The highest BCUT2D eigenvalue weighted by atomic mass is 16.6. The fraction of sp³-hybridized carbons (Fsp3) is 0.464. The van der Waals surface area contributed by atoms with E-state index < -0.39 is 35.6 Å². The van der Waals surface area contributed by atoms with Crippen molar-refractivity contribution in [2.24, 2.45) is 5.92 Å². The van der Waals surface area contributed by atoms with E-state index in [9.17, 15) is 19.5 Å². The van der Waals surface area contributed by atoms with Gasteiger partial charge in [0, 0.05) is 12.7 Å². The number of alkyl carbamates (subject to hydrolysis) is 1. The second-order valence-corrected chi connectivity index (χ2v) is 10.2. The molecule has 0 bridgehead atoms. The standard InChI is InChI=1S/C28H39N3O5/c1-9-17(2)23(30-27(35)36-28(5,6)7)26(34)31(8)24(20-14-11-15-21(32)16-20)25(33)29-22-18(3)12-10-13-19(22)4/h10-17,23-24,32H,9H2,1-8H3,(H,29,33)(H,30,35). The molecule has 0 saturated heterocycles. The van der Waals surface area contributed by atoms with Crippen molar-refractivity contribution in [1.82, 2.24) is 10.2 Å². The number of para-hydroxylation sites is 1. The van der Waals surface area contributed by atoms with Crippen LogP contribution in [0.15, 0.2) is 42.5 Å². The Labute approximate surface area is 214 Å². The number of aryl methyl sites for hydroxylation is 2. The second-order valence-electron chi connectivity index (χ2n) is 10.2. The minimum Gasteiger partial charge on any atom is -0.508 e. The van der Waals surface area contributed by atoms with Crippen LogP contribution in [0.1, 0.15) is 63.8 Å². The molecule has 3 amide bonds. The van der Waals surface area contributed by atoms with Crippen molar-refractivity contribution in [1.29, 1.82) is 0 Å². The number of nitrogens with one attached hydrogen (secondary N) is 2. The van der Waals surface area contributed by atoms with Crippen molar-refractivity contribution in [3.05, 3.63) is 59.2 Å². The van der Waals surface area contributed by atoms with E-state index in [4.69, 9.17) is 4.74 Å². The third-order valence-corrected chi connectivity index (χ3v) is 6.05. The Morgan fingerprint density at radius 1 is 1.06 bits per heavy atom. The molecule has 3 atom stereocenters. The summed E-state index contributed by atoms with van der Waals surface area (Å²) in [5, 5.41) is 15.8. The van der Waals surface area contributed by atoms with Gasteiger partial charge in [-0.2, -0.15) is 0 Å². The summed E-state index contributed by atoms with van der Waals surface area (Å²) in [6, 6.07) is 9.97. The molecule has 0 spiro atoms. The average molecular weight is 498 g/mol. The average Bonchev–Trinajstić information content (AvgIpc) is 2.78. The lowest BCUT2D eigenvalue weighted by Gasteiger charge is -2.33. The van der Waals surface area contributed by atoms with Crippen molar-refractivity contribution >= 4 is 23.6 Å². The van der Waals surface area contributed by atoms with Crippen LogP contribution >= 0.6 is 0 Å². The first-order valence-corrected chi connectivity index (χ1v) is 12.2. The Morgan fingerprint density at radius 2 is 1.64 bits per heavy atom. The molecule has 0 radical (unpaired) electrons.